The van der Waals surface area contributed by atoms with Crippen LogP contribution >= 0.6 is 0 Å². The van der Waals surface area contributed by atoms with Gasteiger partial charge in [-0.1, -0.05) is 0 Å². The van der Waals surface area contributed by atoms with Crippen molar-refractivity contribution in [1.29, 1.82) is 0 Å². The van der Waals surface area contributed by atoms with Gasteiger partial charge in [0.05, 0.1) is 0 Å². The van der Waals surface area contributed by atoms with Gasteiger partial charge in [0.15, 0.2) is 5.96 Å². The van der Waals surface area contributed by atoms with Crippen molar-refractivity contribution < 1.29 is 0 Å². The molecule has 0 aromatic carbocycles. The lowest BCUT2D eigenvalue weighted by molar-refractivity contribution is 0.562. The van der Waals surface area contributed by atoms with Crippen molar-refractivity contribution in [3.05, 3.63) is 0 Å². The lowest BCUT2D eigenvalue weighted by atomic mass is 10.7. The van der Waals surface area contributed by atoms with E-state index in [1.807, 2.05) is 7.05 Å². The van der Waals surface area contributed by atoms with Crippen molar-refractivity contribution >= 4 is 5.96 Å². The molecular weight excluding hydrogens is 102 g/mol. The fraction of sp³-hybridized carbons (Fsp3) is 0.800. The number of likely N-dealkylation sites (N-methyl/N-ethyl adjacent to an activating group) is 1. The van der Waals surface area contributed by atoms with Crippen LogP contribution in [0, 0.1) is 0 Å². The first-order chi connectivity index (χ1) is 3.84. The Hall–Kier alpha value is -0.730. The van der Waals surface area contributed by atoms with E-state index in [0.717, 1.165) is 19.0 Å². The van der Waals surface area contributed by atoms with Gasteiger partial charge < -0.3 is 10.2 Å². The van der Waals surface area contributed by atoms with Crippen LogP contribution in [0.4, 0.5) is 0 Å². The number of guanidine groups is 1. The molecule has 0 spiro atoms. The quantitative estimate of drug-likeness (QED) is 0.459. The molecule has 0 aromatic rings. The minimum absolute atomic E-state index is 1.00. The maximum absolute atomic E-state index is 4.00. The Morgan fingerprint density at radius 3 is 2.75 bits per heavy atom. The lowest BCUT2D eigenvalue weighted by Gasteiger charge is -2.07. The topological polar surface area (TPSA) is 27.6 Å². The summed E-state index contributed by atoms with van der Waals surface area (Å²) in [7, 11) is 3.83. The van der Waals surface area contributed by atoms with Crippen molar-refractivity contribution in [3.63, 3.8) is 0 Å². The normalized spacial score (nSPS) is 24.2. The first-order valence-corrected chi connectivity index (χ1v) is 2.76. The maximum atomic E-state index is 4.00. The number of aliphatic imine (C=N–C) groups is 1. The average molecular weight is 113 g/mol. The standard InChI is InChI=1S/C5H11N3/c1-6-5-7-3-4-8(5)2/h3-4H2,1-2H3,(H,6,7). The Labute approximate surface area is 49.4 Å². The third kappa shape index (κ3) is 0.757. The van der Waals surface area contributed by atoms with Gasteiger partial charge in [-0.05, 0) is 0 Å². The fourth-order valence-electron chi connectivity index (χ4n) is 0.826. The molecule has 1 heterocycles. The summed E-state index contributed by atoms with van der Waals surface area (Å²) in [5, 5.41) is 3.13. The zero-order chi connectivity index (χ0) is 5.98. The van der Waals surface area contributed by atoms with Crippen LogP contribution in [0.3, 0.4) is 0 Å². The molecule has 1 aliphatic rings. The van der Waals surface area contributed by atoms with Crippen molar-refractivity contribution in [2.45, 2.75) is 0 Å². The molecule has 1 aliphatic heterocycles. The van der Waals surface area contributed by atoms with Crippen LogP contribution in [0.15, 0.2) is 4.99 Å². The SMILES string of the molecule is C/N=C1\NCCN1C. The summed E-state index contributed by atoms with van der Waals surface area (Å²) in [5.41, 5.74) is 0. The second-order valence-corrected chi connectivity index (χ2v) is 1.90. The van der Waals surface area contributed by atoms with E-state index in [4.69, 9.17) is 0 Å². The van der Waals surface area contributed by atoms with Gasteiger partial charge in [0.1, 0.15) is 0 Å². The largest absolute Gasteiger partial charge is 0.354 e. The summed E-state index contributed by atoms with van der Waals surface area (Å²) < 4.78 is 0. The Kier molecular flexibility index (Phi) is 1.37. The average Bonchev–Trinajstić information content (AvgIpc) is 2.14. The first-order valence-electron chi connectivity index (χ1n) is 2.76. The van der Waals surface area contributed by atoms with Gasteiger partial charge in [-0.2, -0.15) is 0 Å². The highest BCUT2D eigenvalue weighted by Crippen LogP contribution is 1.89. The van der Waals surface area contributed by atoms with Crippen molar-refractivity contribution in [1.82, 2.24) is 10.2 Å². The number of rotatable bonds is 0. The van der Waals surface area contributed by atoms with E-state index < -0.39 is 0 Å². The summed E-state index contributed by atoms with van der Waals surface area (Å²) in [6, 6.07) is 0. The molecule has 1 N–H and O–H groups in total. The third-order valence-electron chi connectivity index (χ3n) is 1.30. The molecular formula is C5H11N3. The molecule has 3 heteroatoms. The summed E-state index contributed by atoms with van der Waals surface area (Å²) in [5.74, 6) is 1.00. The van der Waals surface area contributed by atoms with Crippen LogP contribution < -0.4 is 5.32 Å². The van der Waals surface area contributed by atoms with Gasteiger partial charge in [0.2, 0.25) is 0 Å². The number of hydrogen-bond donors (Lipinski definition) is 1. The summed E-state index contributed by atoms with van der Waals surface area (Å²) in [4.78, 5) is 6.10. The molecule has 3 nitrogen and oxygen atoms in total. The molecule has 0 atom stereocenters. The Bertz CT molecular complexity index is 108. The van der Waals surface area contributed by atoms with E-state index >= 15 is 0 Å². The monoisotopic (exact) mass is 113 g/mol. The van der Waals surface area contributed by atoms with Crippen molar-refractivity contribution in [3.8, 4) is 0 Å². The van der Waals surface area contributed by atoms with Crippen LogP contribution in [0.5, 0.6) is 0 Å². The predicted octanol–water partition coefficient (Wildman–Crippen LogP) is -0.493. The number of hydrogen-bond acceptors (Lipinski definition) is 1. The van der Waals surface area contributed by atoms with Crippen molar-refractivity contribution in [2.75, 3.05) is 27.2 Å². The van der Waals surface area contributed by atoms with E-state index in [0.29, 0.717) is 0 Å². The van der Waals surface area contributed by atoms with Crippen LogP contribution in [-0.2, 0) is 0 Å². The smallest absolute Gasteiger partial charge is 0.193 e. The lowest BCUT2D eigenvalue weighted by Crippen LogP contribution is -2.25. The maximum Gasteiger partial charge on any atom is 0.193 e. The minimum atomic E-state index is 1.00. The molecule has 1 saturated heterocycles. The van der Waals surface area contributed by atoms with Crippen LogP contribution in [0.2, 0.25) is 0 Å². The molecule has 0 saturated carbocycles. The molecule has 0 bridgehead atoms. The molecule has 1 rings (SSSR count). The molecule has 0 aliphatic carbocycles. The van der Waals surface area contributed by atoms with E-state index in [9.17, 15) is 0 Å². The molecule has 0 amide bonds. The number of nitrogens with one attached hydrogen (secondary N) is 1. The Balaban J connectivity index is 2.55. The van der Waals surface area contributed by atoms with E-state index in [-0.39, 0.29) is 0 Å². The highest BCUT2D eigenvalue weighted by atomic mass is 15.3. The van der Waals surface area contributed by atoms with E-state index in [2.05, 4.69) is 15.2 Å². The molecule has 1 fully saturated rings. The van der Waals surface area contributed by atoms with E-state index in [1.54, 1.807) is 7.05 Å². The Morgan fingerprint density at radius 2 is 2.50 bits per heavy atom. The summed E-state index contributed by atoms with van der Waals surface area (Å²) >= 11 is 0. The van der Waals surface area contributed by atoms with Gasteiger partial charge in [0, 0.05) is 27.2 Å². The van der Waals surface area contributed by atoms with Crippen molar-refractivity contribution in [2.24, 2.45) is 4.99 Å². The minimum Gasteiger partial charge on any atom is -0.354 e. The van der Waals surface area contributed by atoms with Gasteiger partial charge in [0.25, 0.3) is 0 Å². The third-order valence-corrected chi connectivity index (χ3v) is 1.30. The van der Waals surface area contributed by atoms with Gasteiger partial charge >= 0.3 is 0 Å². The molecule has 0 aromatic heterocycles. The molecule has 8 heavy (non-hydrogen) atoms. The Morgan fingerprint density at radius 1 is 1.75 bits per heavy atom. The first kappa shape index (κ1) is 5.41. The zero-order valence-corrected chi connectivity index (χ0v) is 5.31. The van der Waals surface area contributed by atoms with E-state index in [1.165, 1.54) is 0 Å². The molecule has 0 radical (unpaired) electrons. The molecule has 0 unspecified atom stereocenters. The van der Waals surface area contributed by atoms with Gasteiger partial charge in [-0.3, -0.25) is 4.99 Å². The summed E-state index contributed by atoms with van der Waals surface area (Å²) in [6.07, 6.45) is 0. The van der Waals surface area contributed by atoms with Crippen LogP contribution in [0.1, 0.15) is 0 Å². The zero-order valence-electron chi connectivity index (χ0n) is 5.31. The summed E-state index contributed by atoms with van der Waals surface area (Å²) in [6.45, 7) is 2.11. The highest BCUT2D eigenvalue weighted by molar-refractivity contribution is 5.81. The van der Waals surface area contributed by atoms with Gasteiger partial charge in [-0.25, -0.2) is 0 Å². The predicted molar refractivity (Wildman–Crippen MR) is 34.0 cm³/mol. The second kappa shape index (κ2) is 2.03. The van der Waals surface area contributed by atoms with Crippen LogP contribution in [0.25, 0.3) is 0 Å². The molecule has 46 valence electrons. The fourth-order valence-corrected chi connectivity index (χ4v) is 0.826. The highest BCUT2D eigenvalue weighted by Gasteiger charge is 2.10. The second-order valence-electron chi connectivity index (χ2n) is 1.90. The number of nitrogens with zero attached hydrogens (tertiary/aromatic N) is 2. The van der Waals surface area contributed by atoms with Crippen LogP contribution in [-0.4, -0.2) is 38.0 Å². The van der Waals surface area contributed by atoms with Gasteiger partial charge in [-0.15, -0.1) is 0 Å².